The van der Waals surface area contributed by atoms with Crippen LogP contribution in [-0.2, 0) is 31.9 Å². The Morgan fingerprint density at radius 2 is 0.870 bits per heavy atom. The Bertz CT molecular complexity index is 1480. The molecule has 4 amide bonds. The second kappa shape index (κ2) is 19.5. The van der Waals surface area contributed by atoms with Crippen molar-refractivity contribution in [2.75, 3.05) is 63.0 Å². The molecular formula is C38H54N10O6. The van der Waals surface area contributed by atoms with Crippen LogP contribution in [0.1, 0.15) is 62.5 Å². The van der Waals surface area contributed by atoms with Crippen molar-refractivity contribution in [1.82, 2.24) is 19.6 Å². The van der Waals surface area contributed by atoms with E-state index >= 15 is 0 Å². The minimum Gasteiger partial charge on any atom is -0.446 e. The molecule has 54 heavy (non-hydrogen) atoms. The van der Waals surface area contributed by atoms with Crippen molar-refractivity contribution in [3.8, 4) is 0 Å². The molecule has 2 aromatic rings. The third-order valence-corrected chi connectivity index (χ3v) is 10.1. The van der Waals surface area contributed by atoms with Crippen LogP contribution in [0.15, 0.2) is 48.5 Å². The third-order valence-electron chi connectivity index (χ3n) is 10.1. The fraction of sp³-hybridized carbons (Fsp3) is 0.526. The summed E-state index contributed by atoms with van der Waals surface area (Å²) in [7, 11) is 0. The first-order chi connectivity index (χ1) is 26.0. The first-order valence-electron chi connectivity index (χ1n) is 18.9. The van der Waals surface area contributed by atoms with Crippen LogP contribution in [0.5, 0.6) is 0 Å². The molecule has 3 fully saturated rings. The number of nitrogens with one attached hydrogen (secondary N) is 4. The minimum absolute atomic E-state index is 0.0533. The van der Waals surface area contributed by atoms with Gasteiger partial charge in [0.15, 0.2) is 11.9 Å². The number of nitrogens with zero attached hydrogens (tertiary/aromatic N) is 4. The first-order valence-corrected chi connectivity index (χ1v) is 18.9. The summed E-state index contributed by atoms with van der Waals surface area (Å²) < 4.78 is 11.8. The second-order valence-electron chi connectivity index (χ2n) is 14.1. The largest absolute Gasteiger partial charge is 0.446 e. The van der Waals surface area contributed by atoms with Crippen molar-refractivity contribution in [3.63, 3.8) is 0 Å². The van der Waals surface area contributed by atoms with Crippen LogP contribution in [0.25, 0.3) is 0 Å². The molecule has 16 nitrogen and oxygen atoms in total. The van der Waals surface area contributed by atoms with Gasteiger partial charge in [-0.3, -0.25) is 20.4 Å². The molecular weight excluding hydrogens is 692 g/mol. The molecule has 5 rings (SSSR count). The number of hydrogen-bond donors (Lipinski definition) is 6. The van der Waals surface area contributed by atoms with E-state index in [2.05, 4.69) is 10.6 Å². The van der Waals surface area contributed by atoms with Gasteiger partial charge in [0.05, 0.1) is 0 Å². The SMILES string of the molecule is N=C(N)Nc1ccc(CCC(=O)N2CCN(C(=O)O[C@H]3CCC[C@@H](OC(=O)N4CCN(C(=O)CCc5ccc(NC(=N)N)cc5)CC4)CCC3)CC2)cc1. The van der Waals surface area contributed by atoms with Crippen molar-refractivity contribution < 1.29 is 28.7 Å². The number of ether oxygens (including phenoxy) is 2. The number of aryl methyl sites for hydroxylation is 2. The molecule has 0 bridgehead atoms. The number of anilines is 2. The van der Waals surface area contributed by atoms with Crippen molar-refractivity contribution in [1.29, 1.82) is 10.8 Å². The lowest BCUT2D eigenvalue weighted by molar-refractivity contribution is -0.133. The van der Waals surface area contributed by atoms with E-state index in [-0.39, 0.29) is 48.1 Å². The van der Waals surface area contributed by atoms with E-state index in [4.69, 9.17) is 31.8 Å². The standard InChI is InChI=1S/C38H54N10O6/c39-35(40)43-29-13-7-27(8-14-29)11-17-33(49)45-19-23-47(24-20-45)37(51)53-31-3-1-4-32(6-2-5-31)54-38(52)48-25-21-46(22-26-48)34(50)18-12-28-9-15-30(16-10-28)44-36(41)42/h7-10,13-16,31-32H,1-6,11-12,17-26H2,(H4,39,40,43)(H4,41,42,44)/t31-,32+. The lowest BCUT2D eigenvalue weighted by Crippen LogP contribution is -2.51. The van der Waals surface area contributed by atoms with Gasteiger partial charge in [-0.15, -0.1) is 0 Å². The minimum atomic E-state index is -0.343. The normalized spacial score (nSPS) is 19.2. The number of rotatable bonds is 10. The summed E-state index contributed by atoms with van der Waals surface area (Å²) >= 11 is 0. The van der Waals surface area contributed by atoms with E-state index < -0.39 is 0 Å². The maximum absolute atomic E-state index is 13.0. The Labute approximate surface area is 316 Å². The summed E-state index contributed by atoms with van der Waals surface area (Å²) in [5.41, 5.74) is 14.2. The topological polar surface area (TPSA) is 224 Å². The van der Waals surface area contributed by atoms with Gasteiger partial charge in [0.25, 0.3) is 0 Å². The van der Waals surface area contributed by atoms with Crippen LogP contribution in [0.4, 0.5) is 21.0 Å². The summed E-state index contributed by atoms with van der Waals surface area (Å²) in [6.07, 6.45) is 5.22. The van der Waals surface area contributed by atoms with Crippen LogP contribution >= 0.6 is 0 Å². The number of amides is 4. The van der Waals surface area contributed by atoms with Crippen LogP contribution in [0.3, 0.4) is 0 Å². The van der Waals surface area contributed by atoms with Gasteiger partial charge >= 0.3 is 12.2 Å². The van der Waals surface area contributed by atoms with Gasteiger partial charge in [-0.1, -0.05) is 24.3 Å². The van der Waals surface area contributed by atoms with E-state index in [0.29, 0.717) is 104 Å². The lowest BCUT2D eigenvalue weighted by atomic mass is 9.96. The van der Waals surface area contributed by atoms with Crippen molar-refractivity contribution in [2.45, 2.75) is 76.4 Å². The zero-order chi connectivity index (χ0) is 38.5. The van der Waals surface area contributed by atoms with Gasteiger partial charge in [0, 0.05) is 76.6 Å². The Morgan fingerprint density at radius 1 is 0.556 bits per heavy atom. The van der Waals surface area contributed by atoms with Gasteiger partial charge in [0.1, 0.15) is 12.2 Å². The van der Waals surface area contributed by atoms with Crippen LogP contribution in [0, 0.1) is 10.8 Å². The van der Waals surface area contributed by atoms with Gasteiger partial charge in [-0.2, -0.15) is 0 Å². The molecule has 2 aromatic carbocycles. The van der Waals surface area contributed by atoms with E-state index in [1.165, 1.54) is 0 Å². The van der Waals surface area contributed by atoms with Crippen LogP contribution in [-0.4, -0.2) is 120 Å². The van der Waals surface area contributed by atoms with E-state index in [1.54, 1.807) is 19.6 Å². The number of nitrogens with two attached hydrogens (primary N) is 2. The Kier molecular flexibility index (Phi) is 14.3. The highest BCUT2D eigenvalue weighted by atomic mass is 16.6. The number of guanidine groups is 2. The Balaban J connectivity index is 0.933. The van der Waals surface area contributed by atoms with Crippen LogP contribution in [0.2, 0.25) is 0 Å². The van der Waals surface area contributed by atoms with E-state index in [9.17, 15) is 19.2 Å². The predicted octanol–water partition coefficient (Wildman–Crippen LogP) is 3.52. The molecule has 0 atom stereocenters. The summed E-state index contributed by atoms with van der Waals surface area (Å²) in [5, 5.41) is 20.1. The average Bonchev–Trinajstić information content (AvgIpc) is 3.15. The number of benzene rings is 2. The second-order valence-corrected chi connectivity index (χ2v) is 14.1. The Hall–Kier alpha value is -5.54. The Morgan fingerprint density at radius 3 is 1.19 bits per heavy atom. The fourth-order valence-electron chi connectivity index (χ4n) is 7.02. The molecule has 8 N–H and O–H groups in total. The van der Waals surface area contributed by atoms with E-state index in [0.717, 1.165) is 35.3 Å². The molecule has 0 unspecified atom stereocenters. The number of carbonyl (C=O) groups excluding carboxylic acids is 4. The molecule has 3 aliphatic rings. The highest BCUT2D eigenvalue weighted by Crippen LogP contribution is 2.24. The van der Waals surface area contributed by atoms with Crippen molar-refractivity contribution in [3.05, 3.63) is 59.7 Å². The molecule has 1 saturated carbocycles. The van der Waals surface area contributed by atoms with Crippen LogP contribution < -0.4 is 22.1 Å². The molecule has 16 heteroatoms. The number of carbonyl (C=O) groups is 4. The fourth-order valence-corrected chi connectivity index (χ4v) is 7.02. The highest BCUT2D eigenvalue weighted by Gasteiger charge is 2.30. The molecule has 0 spiro atoms. The lowest BCUT2D eigenvalue weighted by Gasteiger charge is -2.36. The summed E-state index contributed by atoms with van der Waals surface area (Å²) in [6.45, 7) is 3.60. The highest BCUT2D eigenvalue weighted by molar-refractivity contribution is 5.90. The quantitative estimate of drug-likeness (QED) is 0.153. The van der Waals surface area contributed by atoms with Crippen molar-refractivity contribution in [2.24, 2.45) is 11.5 Å². The van der Waals surface area contributed by atoms with Gasteiger partial charge in [-0.05, 0) is 86.8 Å². The monoisotopic (exact) mass is 746 g/mol. The molecule has 2 aliphatic heterocycles. The molecule has 0 aromatic heterocycles. The maximum atomic E-state index is 13.0. The third kappa shape index (κ3) is 12.3. The molecule has 1 aliphatic carbocycles. The number of piperazine rings is 2. The van der Waals surface area contributed by atoms with Gasteiger partial charge < -0.3 is 51.2 Å². The molecule has 2 saturated heterocycles. The zero-order valence-corrected chi connectivity index (χ0v) is 30.9. The molecule has 0 radical (unpaired) electrons. The molecule has 292 valence electrons. The van der Waals surface area contributed by atoms with Gasteiger partial charge in [0.2, 0.25) is 11.8 Å². The number of hydrogen-bond acceptors (Lipinski definition) is 8. The summed E-state index contributed by atoms with van der Waals surface area (Å²) in [6, 6.07) is 14.9. The first kappa shape index (κ1) is 39.7. The van der Waals surface area contributed by atoms with E-state index in [1.807, 2.05) is 48.5 Å². The maximum Gasteiger partial charge on any atom is 0.410 e. The van der Waals surface area contributed by atoms with Crippen molar-refractivity contribution >= 4 is 47.3 Å². The summed E-state index contributed by atoms with van der Waals surface area (Å²) in [5.74, 6) is -0.149. The predicted molar refractivity (Wildman–Crippen MR) is 205 cm³/mol. The summed E-state index contributed by atoms with van der Waals surface area (Å²) in [4.78, 5) is 58.6. The van der Waals surface area contributed by atoms with Gasteiger partial charge in [-0.25, -0.2) is 9.59 Å². The molecule has 2 heterocycles. The average molecular weight is 747 g/mol. The zero-order valence-electron chi connectivity index (χ0n) is 30.9. The smallest absolute Gasteiger partial charge is 0.410 e.